The fourth-order valence-corrected chi connectivity index (χ4v) is 2.84. The Kier molecular flexibility index (Phi) is 6.14. The molecule has 7 heteroatoms. The summed E-state index contributed by atoms with van der Waals surface area (Å²) in [5.74, 6) is -0.966. The monoisotopic (exact) mass is 316 g/mol. The Labute approximate surface area is 125 Å². The number of amides is 1. The second-order valence-electron chi connectivity index (χ2n) is 5.01. The standard InChI is InChI=1S/C14H21FN2O3S/c1-4-6-11(2)16-14(18)10-17(21(3,19)20)13-8-5-7-12(15)9-13/h5,7-9,11H,4,6,10H2,1-3H3,(H,16,18)/t11-/m0/s1. The summed E-state index contributed by atoms with van der Waals surface area (Å²) >= 11 is 0. The highest BCUT2D eigenvalue weighted by Gasteiger charge is 2.21. The summed E-state index contributed by atoms with van der Waals surface area (Å²) in [5, 5.41) is 2.73. The van der Waals surface area contributed by atoms with E-state index in [2.05, 4.69) is 5.32 Å². The van der Waals surface area contributed by atoms with E-state index in [9.17, 15) is 17.6 Å². The SMILES string of the molecule is CCC[C@H](C)NC(=O)CN(c1cccc(F)c1)S(C)(=O)=O. The van der Waals surface area contributed by atoms with Gasteiger partial charge in [-0.2, -0.15) is 0 Å². The third-order valence-corrected chi connectivity index (χ3v) is 4.05. The lowest BCUT2D eigenvalue weighted by Crippen LogP contribution is -2.43. The topological polar surface area (TPSA) is 66.5 Å². The Hall–Kier alpha value is -1.63. The summed E-state index contributed by atoms with van der Waals surface area (Å²) in [6.07, 6.45) is 2.71. The minimum Gasteiger partial charge on any atom is -0.352 e. The predicted molar refractivity (Wildman–Crippen MR) is 81.1 cm³/mol. The zero-order valence-electron chi connectivity index (χ0n) is 12.5. The number of anilines is 1. The zero-order chi connectivity index (χ0) is 16.0. The van der Waals surface area contributed by atoms with Gasteiger partial charge in [-0.05, 0) is 31.5 Å². The molecular weight excluding hydrogens is 295 g/mol. The van der Waals surface area contributed by atoms with Crippen LogP contribution in [-0.2, 0) is 14.8 Å². The van der Waals surface area contributed by atoms with Crippen molar-refractivity contribution in [2.24, 2.45) is 0 Å². The smallest absolute Gasteiger partial charge is 0.240 e. The fourth-order valence-electron chi connectivity index (χ4n) is 1.99. The van der Waals surface area contributed by atoms with E-state index in [1.54, 1.807) is 0 Å². The fraction of sp³-hybridized carbons (Fsp3) is 0.500. The highest BCUT2D eigenvalue weighted by Crippen LogP contribution is 2.18. The lowest BCUT2D eigenvalue weighted by Gasteiger charge is -2.23. The summed E-state index contributed by atoms with van der Waals surface area (Å²) in [4.78, 5) is 11.9. The van der Waals surface area contributed by atoms with E-state index in [-0.39, 0.29) is 18.3 Å². The van der Waals surface area contributed by atoms with Crippen molar-refractivity contribution in [2.45, 2.75) is 32.7 Å². The zero-order valence-corrected chi connectivity index (χ0v) is 13.3. The van der Waals surface area contributed by atoms with Crippen molar-refractivity contribution in [2.75, 3.05) is 17.1 Å². The molecule has 0 unspecified atom stereocenters. The van der Waals surface area contributed by atoms with Crippen molar-refractivity contribution >= 4 is 21.6 Å². The number of benzene rings is 1. The van der Waals surface area contributed by atoms with Crippen LogP contribution in [0.15, 0.2) is 24.3 Å². The number of nitrogens with zero attached hydrogens (tertiary/aromatic N) is 1. The van der Waals surface area contributed by atoms with Crippen molar-refractivity contribution in [3.8, 4) is 0 Å². The van der Waals surface area contributed by atoms with Gasteiger partial charge >= 0.3 is 0 Å². The Morgan fingerprint density at radius 3 is 2.62 bits per heavy atom. The first-order valence-corrected chi connectivity index (χ1v) is 8.61. The van der Waals surface area contributed by atoms with Crippen LogP contribution in [0.1, 0.15) is 26.7 Å². The average Bonchev–Trinajstić information content (AvgIpc) is 2.34. The molecule has 0 aliphatic carbocycles. The molecule has 0 bridgehead atoms. The molecule has 0 heterocycles. The van der Waals surface area contributed by atoms with E-state index in [0.717, 1.165) is 29.5 Å². The van der Waals surface area contributed by atoms with Crippen molar-refractivity contribution in [3.63, 3.8) is 0 Å². The van der Waals surface area contributed by atoms with Gasteiger partial charge in [-0.25, -0.2) is 12.8 Å². The number of carbonyl (C=O) groups is 1. The number of hydrogen-bond donors (Lipinski definition) is 1. The van der Waals surface area contributed by atoms with Gasteiger partial charge < -0.3 is 5.32 Å². The quantitative estimate of drug-likeness (QED) is 0.835. The highest BCUT2D eigenvalue weighted by atomic mass is 32.2. The summed E-state index contributed by atoms with van der Waals surface area (Å²) in [7, 11) is -3.67. The van der Waals surface area contributed by atoms with Crippen LogP contribution < -0.4 is 9.62 Å². The van der Waals surface area contributed by atoms with Crippen LogP contribution >= 0.6 is 0 Å². The van der Waals surface area contributed by atoms with E-state index in [1.807, 2.05) is 13.8 Å². The van der Waals surface area contributed by atoms with Crippen molar-refractivity contribution in [1.82, 2.24) is 5.32 Å². The van der Waals surface area contributed by atoms with E-state index >= 15 is 0 Å². The molecule has 1 amide bonds. The average molecular weight is 316 g/mol. The van der Waals surface area contributed by atoms with Crippen LogP contribution in [0.3, 0.4) is 0 Å². The second-order valence-corrected chi connectivity index (χ2v) is 6.91. The molecule has 0 aliphatic heterocycles. The Morgan fingerprint density at radius 1 is 1.43 bits per heavy atom. The maximum absolute atomic E-state index is 13.2. The van der Waals surface area contributed by atoms with Crippen LogP contribution in [0.5, 0.6) is 0 Å². The van der Waals surface area contributed by atoms with Gasteiger partial charge in [0.15, 0.2) is 0 Å². The molecule has 1 aromatic rings. The molecule has 1 rings (SSSR count). The minimum absolute atomic E-state index is 0.0311. The lowest BCUT2D eigenvalue weighted by atomic mass is 10.2. The Bertz CT molecular complexity index is 590. The molecule has 1 atom stereocenters. The number of rotatable bonds is 7. The van der Waals surface area contributed by atoms with Crippen molar-refractivity contribution < 1.29 is 17.6 Å². The van der Waals surface area contributed by atoms with Crippen molar-refractivity contribution in [3.05, 3.63) is 30.1 Å². The van der Waals surface area contributed by atoms with Gasteiger partial charge in [0.1, 0.15) is 12.4 Å². The van der Waals surface area contributed by atoms with Gasteiger partial charge in [0, 0.05) is 6.04 Å². The second kappa shape index (κ2) is 7.40. The summed E-state index contributed by atoms with van der Waals surface area (Å²) in [6.45, 7) is 3.49. The molecule has 21 heavy (non-hydrogen) atoms. The van der Waals surface area contributed by atoms with E-state index < -0.39 is 21.7 Å². The van der Waals surface area contributed by atoms with Gasteiger partial charge in [-0.15, -0.1) is 0 Å². The first-order chi connectivity index (χ1) is 9.74. The minimum atomic E-state index is -3.67. The molecule has 0 spiro atoms. The number of hydrogen-bond acceptors (Lipinski definition) is 3. The highest BCUT2D eigenvalue weighted by molar-refractivity contribution is 7.92. The number of nitrogens with one attached hydrogen (secondary N) is 1. The first kappa shape index (κ1) is 17.4. The molecular formula is C14H21FN2O3S. The van der Waals surface area contributed by atoms with Gasteiger partial charge in [-0.1, -0.05) is 19.4 Å². The van der Waals surface area contributed by atoms with Crippen LogP contribution in [0.2, 0.25) is 0 Å². The maximum Gasteiger partial charge on any atom is 0.240 e. The van der Waals surface area contributed by atoms with Gasteiger partial charge in [-0.3, -0.25) is 9.10 Å². The largest absolute Gasteiger partial charge is 0.352 e. The van der Waals surface area contributed by atoms with Crippen LogP contribution in [0.4, 0.5) is 10.1 Å². The van der Waals surface area contributed by atoms with Gasteiger partial charge in [0.05, 0.1) is 11.9 Å². The molecule has 0 saturated heterocycles. The molecule has 118 valence electrons. The maximum atomic E-state index is 13.2. The Morgan fingerprint density at radius 2 is 2.10 bits per heavy atom. The van der Waals surface area contributed by atoms with Gasteiger partial charge in [0.2, 0.25) is 15.9 Å². The summed E-state index contributed by atoms with van der Waals surface area (Å²) in [5.41, 5.74) is 0.135. The van der Waals surface area contributed by atoms with Gasteiger partial charge in [0.25, 0.3) is 0 Å². The molecule has 0 fully saturated rings. The molecule has 0 saturated carbocycles. The van der Waals surface area contributed by atoms with E-state index in [0.29, 0.717) is 0 Å². The molecule has 5 nitrogen and oxygen atoms in total. The summed E-state index contributed by atoms with van der Waals surface area (Å²) < 4.78 is 37.8. The normalized spacial score (nSPS) is 12.8. The predicted octanol–water partition coefficient (Wildman–Crippen LogP) is 1.90. The van der Waals surface area contributed by atoms with Crippen LogP contribution in [0.25, 0.3) is 0 Å². The van der Waals surface area contributed by atoms with E-state index in [1.165, 1.54) is 18.2 Å². The number of sulfonamides is 1. The third-order valence-electron chi connectivity index (χ3n) is 2.91. The third kappa shape index (κ3) is 5.71. The Balaban J connectivity index is 2.89. The van der Waals surface area contributed by atoms with Crippen LogP contribution in [0, 0.1) is 5.82 Å². The molecule has 1 N–H and O–H groups in total. The molecule has 0 aliphatic rings. The molecule has 0 aromatic heterocycles. The molecule has 0 radical (unpaired) electrons. The number of halogens is 1. The van der Waals surface area contributed by atoms with Crippen LogP contribution in [-0.4, -0.2) is 33.2 Å². The lowest BCUT2D eigenvalue weighted by molar-refractivity contribution is -0.120. The number of carbonyl (C=O) groups excluding carboxylic acids is 1. The van der Waals surface area contributed by atoms with Crippen molar-refractivity contribution in [1.29, 1.82) is 0 Å². The summed E-state index contributed by atoms with van der Waals surface area (Å²) in [6, 6.07) is 5.13. The van der Waals surface area contributed by atoms with E-state index in [4.69, 9.17) is 0 Å². The molecule has 1 aromatic carbocycles. The first-order valence-electron chi connectivity index (χ1n) is 6.76.